The number of nitrogens with one attached hydrogen (secondary N) is 1. The Labute approximate surface area is 151 Å². The zero-order chi connectivity index (χ0) is 18.9. The number of carbonyl (C=O) groups excluding carboxylic acids is 2. The normalized spacial score (nSPS) is 21.5. The second-order valence-electron chi connectivity index (χ2n) is 6.86. The minimum absolute atomic E-state index is 0.0475. The van der Waals surface area contributed by atoms with E-state index in [1.807, 2.05) is 6.07 Å². The van der Waals surface area contributed by atoms with Gasteiger partial charge in [-0.05, 0) is 32.4 Å². The standard InChI is InChI=1S/C18H20N2O5S/c1-12-9-14(13-5-3-4-6-15(13)19-12)17(22)25-10-16(21)20-18(2)7-8-26(23,24)11-18/h3-6,9H,7-8,10-11H2,1-2H3,(H,20,21). The van der Waals surface area contributed by atoms with Crippen molar-refractivity contribution in [3.63, 3.8) is 0 Å². The number of esters is 1. The van der Waals surface area contributed by atoms with Crippen molar-refractivity contribution in [3.8, 4) is 0 Å². The molecule has 8 heteroatoms. The van der Waals surface area contributed by atoms with E-state index in [1.165, 1.54) is 0 Å². The SMILES string of the molecule is Cc1cc(C(=O)OCC(=O)NC2(C)CCS(=O)(=O)C2)c2ccccc2n1. The number of fused-ring (bicyclic) bond motifs is 1. The summed E-state index contributed by atoms with van der Waals surface area (Å²) in [6, 6.07) is 8.81. The molecule has 1 N–H and O–H groups in total. The molecule has 1 aromatic carbocycles. The molecule has 0 bridgehead atoms. The average molecular weight is 376 g/mol. The van der Waals surface area contributed by atoms with Crippen LogP contribution >= 0.6 is 0 Å². The number of carbonyl (C=O) groups is 2. The van der Waals surface area contributed by atoms with Crippen LogP contribution in [0.3, 0.4) is 0 Å². The van der Waals surface area contributed by atoms with E-state index in [0.717, 1.165) is 0 Å². The third-order valence-corrected chi connectivity index (χ3v) is 6.25. The molecule has 1 unspecified atom stereocenters. The number of benzene rings is 1. The number of nitrogens with zero attached hydrogens (tertiary/aromatic N) is 1. The van der Waals surface area contributed by atoms with Crippen LogP contribution < -0.4 is 5.32 Å². The fourth-order valence-corrected chi connectivity index (χ4v) is 5.26. The van der Waals surface area contributed by atoms with Crippen molar-refractivity contribution >= 4 is 32.6 Å². The zero-order valence-corrected chi connectivity index (χ0v) is 15.4. The highest BCUT2D eigenvalue weighted by molar-refractivity contribution is 7.91. The van der Waals surface area contributed by atoms with Crippen LogP contribution in [0.4, 0.5) is 0 Å². The number of hydrogen-bond acceptors (Lipinski definition) is 6. The van der Waals surface area contributed by atoms with Gasteiger partial charge in [-0.25, -0.2) is 13.2 Å². The molecule has 7 nitrogen and oxygen atoms in total. The van der Waals surface area contributed by atoms with E-state index >= 15 is 0 Å². The summed E-state index contributed by atoms with van der Waals surface area (Å²) in [5, 5.41) is 3.31. The van der Waals surface area contributed by atoms with Crippen LogP contribution in [-0.4, -0.2) is 48.9 Å². The molecule has 138 valence electrons. The molecular weight excluding hydrogens is 356 g/mol. The molecule has 0 saturated carbocycles. The van der Waals surface area contributed by atoms with Crippen molar-refractivity contribution in [1.29, 1.82) is 0 Å². The number of aryl methyl sites for hydroxylation is 1. The number of aromatic nitrogens is 1. The van der Waals surface area contributed by atoms with Crippen LogP contribution in [0.15, 0.2) is 30.3 Å². The van der Waals surface area contributed by atoms with Gasteiger partial charge in [-0.1, -0.05) is 18.2 Å². The van der Waals surface area contributed by atoms with Gasteiger partial charge in [0.2, 0.25) is 0 Å². The molecule has 1 atom stereocenters. The highest BCUT2D eigenvalue weighted by Gasteiger charge is 2.39. The molecule has 2 heterocycles. The number of rotatable bonds is 4. The van der Waals surface area contributed by atoms with Gasteiger partial charge in [0.15, 0.2) is 16.4 Å². The molecule has 1 aliphatic rings. The Bertz CT molecular complexity index is 986. The van der Waals surface area contributed by atoms with E-state index in [4.69, 9.17) is 4.74 Å². The van der Waals surface area contributed by atoms with Gasteiger partial charge in [0.05, 0.1) is 28.1 Å². The smallest absolute Gasteiger partial charge is 0.339 e. The van der Waals surface area contributed by atoms with Gasteiger partial charge < -0.3 is 10.1 Å². The van der Waals surface area contributed by atoms with Gasteiger partial charge in [-0.15, -0.1) is 0 Å². The molecule has 26 heavy (non-hydrogen) atoms. The van der Waals surface area contributed by atoms with Crippen LogP contribution in [0.25, 0.3) is 10.9 Å². The van der Waals surface area contributed by atoms with Crippen molar-refractivity contribution in [2.75, 3.05) is 18.1 Å². The van der Waals surface area contributed by atoms with E-state index in [1.54, 1.807) is 38.1 Å². The summed E-state index contributed by atoms with van der Waals surface area (Å²) in [6.07, 6.45) is 0.350. The minimum atomic E-state index is -3.13. The van der Waals surface area contributed by atoms with Crippen molar-refractivity contribution in [1.82, 2.24) is 10.3 Å². The molecule has 1 aliphatic heterocycles. The van der Waals surface area contributed by atoms with Gasteiger partial charge in [0.1, 0.15) is 0 Å². The predicted octanol–water partition coefficient (Wildman–Crippen LogP) is 1.39. The monoisotopic (exact) mass is 376 g/mol. The van der Waals surface area contributed by atoms with Crippen molar-refractivity contribution in [2.45, 2.75) is 25.8 Å². The van der Waals surface area contributed by atoms with Gasteiger partial charge in [0.25, 0.3) is 5.91 Å². The first kappa shape index (κ1) is 18.3. The Kier molecular flexibility index (Phi) is 4.70. The molecular formula is C18H20N2O5S. The third-order valence-electron chi connectivity index (χ3n) is 4.34. The summed E-state index contributed by atoms with van der Waals surface area (Å²) in [5.41, 5.74) is 0.870. The molecule has 0 aliphatic carbocycles. The molecule has 3 rings (SSSR count). The van der Waals surface area contributed by atoms with E-state index in [-0.39, 0.29) is 11.5 Å². The van der Waals surface area contributed by atoms with Gasteiger partial charge in [0, 0.05) is 11.1 Å². The third kappa shape index (κ3) is 4.01. The summed E-state index contributed by atoms with van der Waals surface area (Å²) in [7, 11) is -3.13. The Hall–Kier alpha value is -2.48. The fourth-order valence-electron chi connectivity index (χ4n) is 3.17. The number of hydrogen-bond donors (Lipinski definition) is 1. The first-order chi connectivity index (χ1) is 12.2. The molecule has 1 fully saturated rings. The number of pyridine rings is 1. The fraction of sp³-hybridized carbons (Fsp3) is 0.389. The lowest BCUT2D eigenvalue weighted by Gasteiger charge is -2.23. The van der Waals surface area contributed by atoms with E-state index in [2.05, 4.69) is 10.3 Å². The summed E-state index contributed by atoms with van der Waals surface area (Å²) in [6.45, 7) is 2.98. The van der Waals surface area contributed by atoms with Gasteiger partial charge in [-0.2, -0.15) is 0 Å². The Morgan fingerprint density at radius 1 is 1.31 bits per heavy atom. The number of para-hydroxylation sites is 1. The molecule has 2 aromatic rings. The average Bonchev–Trinajstić information content (AvgIpc) is 2.84. The van der Waals surface area contributed by atoms with E-state index in [9.17, 15) is 18.0 Å². The number of sulfone groups is 1. The second-order valence-corrected chi connectivity index (χ2v) is 9.04. The summed E-state index contributed by atoms with van der Waals surface area (Å²) >= 11 is 0. The largest absolute Gasteiger partial charge is 0.452 e. The number of ether oxygens (including phenoxy) is 1. The van der Waals surface area contributed by atoms with Crippen molar-refractivity contribution < 1.29 is 22.7 Å². The van der Waals surface area contributed by atoms with Crippen LogP contribution in [0, 0.1) is 6.92 Å². The van der Waals surface area contributed by atoms with Crippen LogP contribution in [0.2, 0.25) is 0 Å². The molecule has 1 saturated heterocycles. The molecule has 0 radical (unpaired) electrons. The summed E-state index contributed by atoms with van der Waals surface area (Å²) < 4.78 is 28.3. The maximum absolute atomic E-state index is 12.4. The lowest BCUT2D eigenvalue weighted by Crippen LogP contribution is -2.48. The molecule has 0 spiro atoms. The number of amides is 1. The van der Waals surface area contributed by atoms with E-state index in [0.29, 0.717) is 28.6 Å². The Balaban J connectivity index is 1.67. The molecule has 1 aromatic heterocycles. The van der Waals surface area contributed by atoms with Gasteiger partial charge in [-0.3, -0.25) is 9.78 Å². The second kappa shape index (κ2) is 6.68. The highest BCUT2D eigenvalue weighted by atomic mass is 32.2. The lowest BCUT2D eigenvalue weighted by atomic mass is 10.0. The zero-order valence-electron chi connectivity index (χ0n) is 14.6. The molecule has 1 amide bonds. The van der Waals surface area contributed by atoms with Gasteiger partial charge >= 0.3 is 5.97 Å². The van der Waals surface area contributed by atoms with E-state index < -0.39 is 33.9 Å². The maximum Gasteiger partial charge on any atom is 0.339 e. The Morgan fingerprint density at radius 3 is 2.73 bits per heavy atom. The van der Waals surface area contributed by atoms with Crippen LogP contribution in [-0.2, 0) is 19.4 Å². The van der Waals surface area contributed by atoms with Crippen LogP contribution in [0.5, 0.6) is 0 Å². The predicted molar refractivity (Wildman–Crippen MR) is 96.6 cm³/mol. The first-order valence-corrected chi connectivity index (χ1v) is 10.0. The lowest BCUT2D eigenvalue weighted by molar-refractivity contribution is -0.125. The van der Waals surface area contributed by atoms with Crippen molar-refractivity contribution in [2.24, 2.45) is 0 Å². The topological polar surface area (TPSA) is 102 Å². The summed E-state index contributed by atoms with van der Waals surface area (Å²) in [4.78, 5) is 28.9. The first-order valence-electron chi connectivity index (χ1n) is 8.22. The highest BCUT2D eigenvalue weighted by Crippen LogP contribution is 2.23. The van der Waals surface area contributed by atoms with Crippen molar-refractivity contribution in [3.05, 3.63) is 41.6 Å². The summed E-state index contributed by atoms with van der Waals surface area (Å²) in [5.74, 6) is -1.20. The maximum atomic E-state index is 12.4. The quantitative estimate of drug-likeness (QED) is 0.809. The minimum Gasteiger partial charge on any atom is -0.452 e. The Morgan fingerprint density at radius 2 is 2.04 bits per heavy atom. The van der Waals surface area contributed by atoms with Crippen LogP contribution in [0.1, 0.15) is 29.4 Å².